The van der Waals surface area contributed by atoms with Gasteiger partial charge in [-0.2, -0.15) is 4.31 Å². The Balaban J connectivity index is 1.44. The van der Waals surface area contributed by atoms with E-state index in [1.165, 1.54) is 28.6 Å². The molecule has 0 radical (unpaired) electrons. The molecule has 0 bridgehead atoms. The van der Waals surface area contributed by atoms with E-state index in [-0.39, 0.29) is 54.9 Å². The number of aromatic nitrogens is 1. The predicted octanol–water partition coefficient (Wildman–Crippen LogP) is 2.30. The molecule has 1 saturated heterocycles. The lowest BCUT2D eigenvalue weighted by Gasteiger charge is -2.34. The Hall–Kier alpha value is -3.84. The van der Waals surface area contributed by atoms with Crippen molar-refractivity contribution >= 4 is 38.2 Å². The standard InChI is InChI=1S/C21H21N5O7S/c1-15-2-3-18(26(30)31)13-20(15)34(32,33)24-10-8-22(9-11-24)21(27)14-23-7-6-16-12-17(25(28)29)4-5-19(16)23/h2-7,12-13H,8-11,14H2,1H3. The summed E-state index contributed by atoms with van der Waals surface area (Å²) in [6.45, 7) is 2.07. The highest BCUT2D eigenvalue weighted by molar-refractivity contribution is 7.89. The zero-order valence-corrected chi connectivity index (χ0v) is 19.0. The van der Waals surface area contributed by atoms with Crippen LogP contribution in [0.5, 0.6) is 0 Å². The maximum Gasteiger partial charge on any atom is 0.270 e. The highest BCUT2D eigenvalue weighted by Gasteiger charge is 2.32. The SMILES string of the molecule is Cc1ccc([N+](=O)[O-])cc1S(=O)(=O)N1CCN(C(=O)Cn2ccc3cc([N+](=O)[O-])ccc32)CC1. The molecule has 4 rings (SSSR count). The molecule has 0 atom stereocenters. The molecule has 0 aliphatic carbocycles. The van der Waals surface area contributed by atoms with E-state index in [0.29, 0.717) is 16.5 Å². The molecule has 178 valence electrons. The summed E-state index contributed by atoms with van der Waals surface area (Å²) in [6, 6.07) is 9.82. The van der Waals surface area contributed by atoms with E-state index < -0.39 is 19.9 Å². The van der Waals surface area contributed by atoms with Gasteiger partial charge in [-0.15, -0.1) is 0 Å². The number of nitro groups is 2. The quantitative estimate of drug-likeness (QED) is 0.382. The number of hydrogen-bond acceptors (Lipinski definition) is 7. The Bertz CT molecular complexity index is 1410. The largest absolute Gasteiger partial charge is 0.339 e. The first-order valence-corrected chi connectivity index (χ1v) is 11.8. The van der Waals surface area contributed by atoms with Crippen LogP contribution in [0, 0.1) is 27.2 Å². The Morgan fingerprint density at radius 3 is 2.21 bits per heavy atom. The van der Waals surface area contributed by atoms with Crippen LogP contribution >= 0.6 is 0 Å². The number of non-ortho nitro benzene ring substituents is 2. The maximum absolute atomic E-state index is 13.1. The highest BCUT2D eigenvalue weighted by Crippen LogP contribution is 2.26. The van der Waals surface area contributed by atoms with Gasteiger partial charge in [0.15, 0.2) is 0 Å². The van der Waals surface area contributed by atoms with Gasteiger partial charge in [0.2, 0.25) is 15.9 Å². The van der Waals surface area contributed by atoms with Gasteiger partial charge in [0.25, 0.3) is 11.4 Å². The fraction of sp³-hybridized carbons (Fsp3) is 0.286. The van der Waals surface area contributed by atoms with E-state index in [1.54, 1.807) is 34.7 Å². The summed E-state index contributed by atoms with van der Waals surface area (Å²) in [5, 5.41) is 22.7. The van der Waals surface area contributed by atoms with Crippen molar-refractivity contribution in [3.8, 4) is 0 Å². The molecule has 1 fully saturated rings. The molecule has 0 spiro atoms. The minimum atomic E-state index is -3.96. The molecule has 0 N–H and O–H groups in total. The zero-order chi connectivity index (χ0) is 24.6. The number of sulfonamides is 1. The first-order valence-electron chi connectivity index (χ1n) is 10.3. The lowest BCUT2D eigenvalue weighted by molar-refractivity contribution is -0.385. The lowest BCUT2D eigenvalue weighted by Crippen LogP contribution is -2.51. The van der Waals surface area contributed by atoms with Gasteiger partial charge in [-0.3, -0.25) is 25.0 Å². The second-order valence-corrected chi connectivity index (χ2v) is 9.84. The fourth-order valence-electron chi connectivity index (χ4n) is 3.98. The molecule has 0 saturated carbocycles. The molecular formula is C21H21N5O7S. The Morgan fingerprint density at radius 1 is 0.941 bits per heavy atom. The van der Waals surface area contributed by atoms with Gasteiger partial charge in [-0.1, -0.05) is 6.07 Å². The minimum absolute atomic E-state index is 0.0120. The third kappa shape index (κ3) is 4.34. The number of piperazine rings is 1. The molecule has 3 aromatic rings. The van der Waals surface area contributed by atoms with Crippen LogP contribution in [0.1, 0.15) is 5.56 Å². The molecule has 0 unspecified atom stereocenters. The number of amides is 1. The number of carbonyl (C=O) groups excluding carboxylic acids is 1. The molecule has 1 aliphatic heterocycles. The van der Waals surface area contributed by atoms with Crippen molar-refractivity contribution in [3.05, 3.63) is 74.5 Å². The van der Waals surface area contributed by atoms with Gasteiger partial charge in [-0.05, 0) is 24.6 Å². The monoisotopic (exact) mass is 487 g/mol. The van der Waals surface area contributed by atoms with Crippen molar-refractivity contribution in [1.29, 1.82) is 0 Å². The highest BCUT2D eigenvalue weighted by atomic mass is 32.2. The van der Waals surface area contributed by atoms with Crippen LogP contribution in [0.25, 0.3) is 10.9 Å². The summed E-state index contributed by atoms with van der Waals surface area (Å²) < 4.78 is 29.1. The van der Waals surface area contributed by atoms with E-state index in [2.05, 4.69) is 0 Å². The number of fused-ring (bicyclic) bond motifs is 1. The van der Waals surface area contributed by atoms with Crippen LogP contribution < -0.4 is 0 Å². The number of benzene rings is 2. The molecule has 1 aromatic heterocycles. The van der Waals surface area contributed by atoms with Crippen molar-refractivity contribution < 1.29 is 23.1 Å². The number of nitrogens with zero attached hydrogens (tertiary/aromatic N) is 5. The molecule has 1 amide bonds. The van der Waals surface area contributed by atoms with Gasteiger partial charge in [-0.25, -0.2) is 8.42 Å². The normalized spacial score (nSPS) is 14.9. The number of aryl methyl sites for hydroxylation is 1. The number of nitro benzene ring substituents is 2. The zero-order valence-electron chi connectivity index (χ0n) is 18.2. The van der Waals surface area contributed by atoms with Crippen LogP contribution in [0.4, 0.5) is 11.4 Å². The Labute approximate surface area is 194 Å². The van der Waals surface area contributed by atoms with Gasteiger partial charge in [0.05, 0.1) is 14.7 Å². The molecular weight excluding hydrogens is 466 g/mol. The Kier molecular flexibility index (Phi) is 6.06. The fourth-order valence-corrected chi connectivity index (χ4v) is 5.65. The third-order valence-electron chi connectivity index (χ3n) is 5.86. The number of hydrogen-bond donors (Lipinski definition) is 0. The van der Waals surface area contributed by atoms with Crippen molar-refractivity contribution in [1.82, 2.24) is 13.8 Å². The van der Waals surface area contributed by atoms with Crippen molar-refractivity contribution in [2.75, 3.05) is 26.2 Å². The lowest BCUT2D eigenvalue weighted by atomic mass is 10.2. The van der Waals surface area contributed by atoms with Crippen molar-refractivity contribution in [3.63, 3.8) is 0 Å². The van der Waals surface area contributed by atoms with Gasteiger partial charge in [0, 0.05) is 67.5 Å². The Morgan fingerprint density at radius 2 is 1.56 bits per heavy atom. The summed E-state index contributed by atoms with van der Waals surface area (Å²) in [7, 11) is -3.96. The maximum atomic E-state index is 13.1. The first kappa shape index (κ1) is 23.3. The van der Waals surface area contributed by atoms with Crippen LogP contribution in [-0.4, -0.2) is 64.1 Å². The average Bonchev–Trinajstić information content (AvgIpc) is 3.21. The summed E-state index contributed by atoms with van der Waals surface area (Å²) in [5.41, 5.74) is 0.750. The molecule has 13 heteroatoms. The molecule has 34 heavy (non-hydrogen) atoms. The van der Waals surface area contributed by atoms with Crippen LogP contribution in [0.2, 0.25) is 0 Å². The van der Waals surface area contributed by atoms with Gasteiger partial charge < -0.3 is 9.47 Å². The minimum Gasteiger partial charge on any atom is -0.339 e. The van der Waals surface area contributed by atoms with Gasteiger partial charge in [0.1, 0.15) is 6.54 Å². The summed E-state index contributed by atoms with van der Waals surface area (Å²) in [6.07, 6.45) is 1.68. The van der Waals surface area contributed by atoms with E-state index in [9.17, 15) is 33.4 Å². The van der Waals surface area contributed by atoms with Crippen molar-refractivity contribution in [2.45, 2.75) is 18.4 Å². The second-order valence-electron chi connectivity index (χ2n) is 7.94. The smallest absolute Gasteiger partial charge is 0.270 e. The van der Waals surface area contributed by atoms with E-state index in [1.807, 2.05) is 0 Å². The number of carbonyl (C=O) groups is 1. The number of rotatable bonds is 6. The third-order valence-corrected chi connectivity index (χ3v) is 7.90. The van der Waals surface area contributed by atoms with E-state index >= 15 is 0 Å². The molecule has 2 aromatic carbocycles. The second kappa shape index (κ2) is 8.83. The predicted molar refractivity (Wildman–Crippen MR) is 122 cm³/mol. The summed E-state index contributed by atoms with van der Waals surface area (Å²) >= 11 is 0. The van der Waals surface area contributed by atoms with Crippen LogP contribution in [0.3, 0.4) is 0 Å². The van der Waals surface area contributed by atoms with Gasteiger partial charge >= 0.3 is 0 Å². The van der Waals surface area contributed by atoms with Crippen LogP contribution in [-0.2, 0) is 21.4 Å². The van der Waals surface area contributed by atoms with Crippen LogP contribution in [0.15, 0.2) is 53.6 Å². The van der Waals surface area contributed by atoms with E-state index in [0.717, 1.165) is 6.07 Å². The average molecular weight is 487 g/mol. The first-order chi connectivity index (χ1) is 16.1. The molecule has 2 heterocycles. The molecule has 1 aliphatic rings. The van der Waals surface area contributed by atoms with Crippen molar-refractivity contribution in [2.24, 2.45) is 0 Å². The topological polar surface area (TPSA) is 149 Å². The summed E-state index contributed by atoms with van der Waals surface area (Å²) in [4.78, 5) is 35.2. The summed E-state index contributed by atoms with van der Waals surface area (Å²) in [5.74, 6) is -0.209. The van der Waals surface area contributed by atoms with E-state index in [4.69, 9.17) is 0 Å². The molecule has 12 nitrogen and oxygen atoms in total.